The van der Waals surface area contributed by atoms with Crippen LogP contribution >= 0.6 is 0 Å². The standard InChI is InChI=1S/C9H9NSe/c1-8(7-10)11-9-5-3-2-4-6-9/h2-6,8H,1H3. The number of hydrogen-bond donors (Lipinski definition) is 0. The summed E-state index contributed by atoms with van der Waals surface area (Å²) in [4.78, 5) is 0.185. The van der Waals surface area contributed by atoms with Crippen molar-refractivity contribution < 1.29 is 0 Å². The van der Waals surface area contributed by atoms with E-state index in [2.05, 4.69) is 18.2 Å². The van der Waals surface area contributed by atoms with E-state index in [1.165, 1.54) is 4.46 Å². The molecule has 11 heavy (non-hydrogen) atoms. The number of benzene rings is 1. The van der Waals surface area contributed by atoms with Gasteiger partial charge in [0.25, 0.3) is 0 Å². The molecule has 1 atom stereocenters. The first kappa shape index (κ1) is 8.33. The summed E-state index contributed by atoms with van der Waals surface area (Å²) in [6, 6.07) is 12.4. The van der Waals surface area contributed by atoms with Crippen LogP contribution in [0.3, 0.4) is 0 Å². The zero-order valence-electron chi connectivity index (χ0n) is 6.32. The van der Waals surface area contributed by atoms with Crippen molar-refractivity contribution in [3.05, 3.63) is 30.3 Å². The van der Waals surface area contributed by atoms with E-state index in [1.54, 1.807) is 0 Å². The van der Waals surface area contributed by atoms with Gasteiger partial charge in [0.1, 0.15) is 0 Å². The first-order chi connectivity index (χ1) is 5.33. The molecule has 0 spiro atoms. The summed E-state index contributed by atoms with van der Waals surface area (Å²) in [6.45, 7) is 1.97. The van der Waals surface area contributed by atoms with Gasteiger partial charge < -0.3 is 0 Å². The summed E-state index contributed by atoms with van der Waals surface area (Å²) in [7, 11) is 0. The Hall–Kier alpha value is -0.771. The molecule has 1 aromatic carbocycles. The van der Waals surface area contributed by atoms with Crippen LogP contribution in [-0.2, 0) is 0 Å². The van der Waals surface area contributed by atoms with Gasteiger partial charge in [-0.05, 0) is 0 Å². The third kappa shape index (κ3) is 2.76. The SMILES string of the molecule is CC(C#N)[Se]c1ccccc1. The van der Waals surface area contributed by atoms with Crippen LogP contribution < -0.4 is 4.46 Å². The van der Waals surface area contributed by atoms with Crippen molar-refractivity contribution in [1.82, 2.24) is 0 Å². The van der Waals surface area contributed by atoms with Gasteiger partial charge in [-0.2, -0.15) is 0 Å². The van der Waals surface area contributed by atoms with E-state index >= 15 is 0 Å². The fourth-order valence-electron chi connectivity index (χ4n) is 0.730. The average molecular weight is 210 g/mol. The van der Waals surface area contributed by atoms with Gasteiger partial charge in [-0.25, -0.2) is 0 Å². The third-order valence-electron chi connectivity index (χ3n) is 1.24. The molecule has 1 rings (SSSR count). The second-order valence-electron chi connectivity index (χ2n) is 2.20. The van der Waals surface area contributed by atoms with Gasteiger partial charge in [-0.3, -0.25) is 0 Å². The van der Waals surface area contributed by atoms with Gasteiger partial charge in [0.05, 0.1) is 0 Å². The van der Waals surface area contributed by atoms with Crippen LogP contribution in [0.15, 0.2) is 30.3 Å². The Morgan fingerprint density at radius 3 is 2.55 bits per heavy atom. The van der Waals surface area contributed by atoms with E-state index in [0.29, 0.717) is 15.0 Å². The quantitative estimate of drug-likeness (QED) is 0.676. The van der Waals surface area contributed by atoms with Crippen LogP contribution in [0.1, 0.15) is 6.92 Å². The molecule has 1 aromatic rings. The van der Waals surface area contributed by atoms with Gasteiger partial charge in [-0.15, -0.1) is 0 Å². The van der Waals surface area contributed by atoms with Crippen LogP contribution in [-0.4, -0.2) is 15.0 Å². The van der Waals surface area contributed by atoms with Crippen LogP contribution in [0.4, 0.5) is 0 Å². The summed E-state index contributed by atoms with van der Waals surface area (Å²) < 4.78 is 1.30. The number of hydrogen-bond acceptors (Lipinski definition) is 1. The minimum atomic E-state index is 0.185. The van der Waals surface area contributed by atoms with E-state index in [4.69, 9.17) is 5.26 Å². The van der Waals surface area contributed by atoms with Gasteiger partial charge in [0.2, 0.25) is 0 Å². The summed E-state index contributed by atoms with van der Waals surface area (Å²) in [5.41, 5.74) is 0. The predicted molar refractivity (Wildman–Crippen MR) is 46.9 cm³/mol. The molecule has 0 aromatic heterocycles. The molecule has 1 unspecified atom stereocenters. The van der Waals surface area contributed by atoms with Crippen LogP contribution in [0.25, 0.3) is 0 Å². The first-order valence-corrected chi connectivity index (χ1v) is 5.29. The predicted octanol–water partition coefficient (Wildman–Crippen LogP) is 1.35. The maximum atomic E-state index is 8.56. The zero-order chi connectivity index (χ0) is 8.10. The molecule has 0 aliphatic carbocycles. The molecule has 1 nitrogen and oxygen atoms in total. The van der Waals surface area contributed by atoms with Crippen molar-refractivity contribution in [2.24, 2.45) is 0 Å². The Bertz CT molecular complexity index is 250. The first-order valence-electron chi connectivity index (χ1n) is 3.44. The molecule has 0 bridgehead atoms. The molecule has 0 fully saturated rings. The van der Waals surface area contributed by atoms with Crippen molar-refractivity contribution >= 4 is 19.4 Å². The zero-order valence-corrected chi connectivity index (χ0v) is 8.03. The Morgan fingerprint density at radius 2 is 2.00 bits per heavy atom. The van der Waals surface area contributed by atoms with Crippen molar-refractivity contribution in [2.45, 2.75) is 11.7 Å². The van der Waals surface area contributed by atoms with Crippen LogP contribution in [0, 0.1) is 11.3 Å². The summed E-state index contributed by atoms with van der Waals surface area (Å²) >= 11 is 0.315. The Labute approximate surface area is 73.2 Å². The number of nitriles is 1. The third-order valence-corrected chi connectivity index (χ3v) is 3.34. The molecule has 0 N–H and O–H groups in total. The van der Waals surface area contributed by atoms with Crippen molar-refractivity contribution in [3.8, 4) is 6.07 Å². The summed E-state index contributed by atoms with van der Waals surface area (Å²) in [6.07, 6.45) is 0. The monoisotopic (exact) mass is 211 g/mol. The second kappa shape index (κ2) is 4.18. The average Bonchev–Trinajstić information content (AvgIpc) is 2.06. The van der Waals surface area contributed by atoms with Gasteiger partial charge >= 0.3 is 72.8 Å². The van der Waals surface area contributed by atoms with Crippen LogP contribution in [0.2, 0.25) is 4.82 Å². The summed E-state index contributed by atoms with van der Waals surface area (Å²) in [5.74, 6) is 0. The molecule has 0 saturated heterocycles. The molecule has 0 heterocycles. The van der Waals surface area contributed by atoms with Crippen molar-refractivity contribution in [2.75, 3.05) is 0 Å². The molecule has 0 radical (unpaired) electrons. The van der Waals surface area contributed by atoms with Crippen molar-refractivity contribution in [3.63, 3.8) is 0 Å². The Kier molecular flexibility index (Phi) is 3.16. The van der Waals surface area contributed by atoms with Gasteiger partial charge in [0.15, 0.2) is 0 Å². The molecule has 56 valence electrons. The van der Waals surface area contributed by atoms with E-state index in [-0.39, 0.29) is 4.82 Å². The minimum absolute atomic E-state index is 0.185. The number of nitrogens with zero attached hydrogens (tertiary/aromatic N) is 1. The topological polar surface area (TPSA) is 23.8 Å². The fourth-order valence-corrected chi connectivity index (χ4v) is 2.36. The fraction of sp³-hybridized carbons (Fsp3) is 0.222. The molecular formula is C9H9NSe. The number of rotatable bonds is 2. The molecule has 2 heteroatoms. The molecule has 0 aliphatic rings. The normalized spacial score (nSPS) is 12.0. The van der Waals surface area contributed by atoms with Crippen LogP contribution in [0.5, 0.6) is 0 Å². The summed E-state index contributed by atoms with van der Waals surface area (Å²) in [5, 5.41) is 8.56. The second-order valence-corrected chi connectivity index (χ2v) is 5.17. The van der Waals surface area contributed by atoms with E-state index in [0.717, 1.165) is 0 Å². The maximum absolute atomic E-state index is 8.56. The van der Waals surface area contributed by atoms with Gasteiger partial charge in [-0.1, -0.05) is 0 Å². The van der Waals surface area contributed by atoms with Gasteiger partial charge in [0, 0.05) is 0 Å². The molecule has 0 saturated carbocycles. The molecule has 0 aliphatic heterocycles. The van der Waals surface area contributed by atoms with E-state index < -0.39 is 0 Å². The molecular weight excluding hydrogens is 201 g/mol. The molecule has 0 amide bonds. The van der Waals surface area contributed by atoms with E-state index in [9.17, 15) is 0 Å². The van der Waals surface area contributed by atoms with Crippen molar-refractivity contribution in [1.29, 1.82) is 5.26 Å². The Morgan fingerprint density at radius 1 is 1.36 bits per heavy atom. The Balaban J connectivity index is 2.60. The van der Waals surface area contributed by atoms with E-state index in [1.807, 2.05) is 25.1 Å².